The number of carbonyl (C=O) groups is 1. The fourth-order valence-electron chi connectivity index (χ4n) is 4.71. The second-order valence-electron chi connectivity index (χ2n) is 10.7. The number of hydrogen-bond acceptors (Lipinski definition) is 7. The number of halogens is 1. The number of likely N-dealkylation sites (tertiary alicyclic amines) is 1. The van der Waals surface area contributed by atoms with Gasteiger partial charge in [0, 0.05) is 42.3 Å². The monoisotopic (exact) mass is 517 g/mol. The van der Waals surface area contributed by atoms with Gasteiger partial charge in [-0.05, 0) is 71.7 Å². The van der Waals surface area contributed by atoms with Gasteiger partial charge in [-0.1, -0.05) is 6.07 Å². The molecule has 38 heavy (non-hydrogen) atoms. The lowest BCUT2D eigenvalue weighted by molar-refractivity contribution is 0.0206. The van der Waals surface area contributed by atoms with E-state index in [4.69, 9.17) is 4.74 Å². The van der Waals surface area contributed by atoms with E-state index in [2.05, 4.69) is 25.4 Å². The molecular formula is C28H32FN7O2. The summed E-state index contributed by atoms with van der Waals surface area (Å²) in [5.41, 5.74) is 3.25. The van der Waals surface area contributed by atoms with E-state index >= 15 is 4.39 Å². The number of nitrogens with zero attached hydrogens (tertiary/aromatic N) is 6. The molecule has 0 aromatic carbocycles. The van der Waals surface area contributed by atoms with Crippen LogP contribution in [0.5, 0.6) is 0 Å². The molecule has 1 atom stereocenters. The zero-order chi connectivity index (χ0) is 27.0. The molecule has 9 nitrogen and oxygen atoms in total. The molecule has 1 saturated heterocycles. The van der Waals surface area contributed by atoms with Gasteiger partial charge in [0.2, 0.25) is 0 Å². The molecular weight excluding hydrogens is 485 g/mol. The molecule has 4 aromatic heterocycles. The van der Waals surface area contributed by atoms with E-state index in [1.807, 2.05) is 71.1 Å². The van der Waals surface area contributed by atoms with E-state index in [0.29, 0.717) is 30.0 Å². The van der Waals surface area contributed by atoms with E-state index < -0.39 is 11.4 Å². The first-order valence-corrected chi connectivity index (χ1v) is 12.8. The highest BCUT2D eigenvalue weighted by Crippen LogP contribution is 2.31. The van der Waals surface area contributed by atoms with Crippen LogP contribution in [0.4, 0.5) is 15.0 Å². The highest BCUT2D eigenvalue weighted by atomic mass is 19.1. The predicted octanol–water partition coefficient (Wildman–Crippen LogP) is 5.42. The van der Waals surface area contributed by atoms with E-state index in [0.717, 1.165) is 29.7 Å². The number of fused-ring (bicyclic) bond motifs is 1. The minimum absolute atomic E-state index is 0.0865. The fourth-order valence-corrected chi connectivity index (χ4v) is 4.71. The van der Waals surface area contributed by atoms with Crippen LogP contribution in [0.15, 0.2) is 42.7 Å². The number of aryl methyl sites for hydroxylation is 2. The Labute approximate surface area is 221 Å². The van der Waals surface area contributed by atoms with Crippen LogP contribution in [0.25, 0.3) is 28.2 Å². The van der Waals surface area contributed by atoms with Gasteiger partial charge in [0.25, 0.3) is 0 Å². The number of aromatic nitrogens is 5. The number of pyridine rings is 2. The SMILES string of the molecule is Cc1cc(-c2nc(-c3cnn4ccccc34)nc(N[C@@H]3CCCN(C(=O)OC(C)(C)C)C3)c2F)cc(C)n1. The second kappa shape index (κ2) is 10.00. The average Bonchev–Trinajstić information content (AvgIpc) is 3.28. The Hall–Kier alpha value is -4.08. The highest BCUT2D eigenvalue weighted by Gasteiger charge is 2.29. The van der Waals surface area contributed by atoms with Crippen molar-refractivity contribution in [1.29, 1.82) is 0 Å². The normalized spacial score (nSPS) is 16.1. The maximum absolute atomic E-state index is 16.1. The Morgan fingerprint density at radius 2 is 1.89 bits per heavy atom. The van der Waals surface area contributed by atoms with Gasteiger partial charge in [0.15, 0.2) is 17.5 Å². The van der Waals surface area contributed by atoms with E-state index in [1.165, 1.54) is 0 Å². The van der Waals surface area contributed by atoms with Crippen molar-refractivity contribution in [3.63, 3.8) is 0 Å². The van der Waals surface area contributed by atoms with Gasteiger partial charge in [-0.15, -0.1) is 0 Å². The van der Waals surface area contributed by atoms with E-state index in [9.17, 15) is 4.79 Å². The lowest BCUT2D eigenvalue weighted by Crippen LogP contribution is -2.47. The maximum Gasteiger partial charge on any atom is 0.410 e. The zero-order valence-electron chi connectivity index (χ0n) is 22.3. The van der Waals surface area contributed by atoms with Gasteiger partial charge in [-0.2, -0.15) is 5.10 Å². The van der Waals surface area contributed by atoms with Crippen molar-refractivity contribution in [2.45, 2.75) is 59.1 Å². The summed E-state index contributed by atoms with van der Waals surface area (Å²) in [6.07, 6.45) is 4.68. The number of carbonyl (C=O) groups excluding carboxylic acids is 1. The second-order valence-corrected chi connectivity index (χ2v) is 10.7. The molecule has 0 bridgehead atoms. The first kappa shape index (κ1) is 25.6. The van der Waals surface area contributed by atoms with Gasteiger partial charge in [-0.3, -0.25) is 4.98 Å². The molecule has 1 N–H and O–H groups in total. The van der Waals surface area contributed by atoms with Crippen molar-refractivity contribution in [1.82, 2.24) is 29.5 Å². The summed E-state index contributed by atoms with van der Waals surface area (Å²) in [6, 6.07) is 9.14. The number of hydrogen-bond donors (Lipinski definition) is 1. The molecule has 4 aromatic rings. The van der Waals surface area contributed by atoms with Crippen LogP contribution in [-0.4, -0.2) is 60.3 Å². The minimum Gasteiger partial charge on any atom is -0.444 e. The summed E-state index contributed by atoms with van der Waals surface area (Å²) in [4.78, 5) is 28.0. The van der Waals surface area contributed by atoms with E-state index in [1.54, 1.807) is 15.6 Å². The number of amides is 1. The van der Waals surface area contributed by atoms with Crippen molar-refractivity contribution >= 4 is 17.4 Å². The van der Waals surface area contributed by atoms with Crippen LogP contribution in [-0.2, 0) is 4.74 Å². The van der Waals surface area contributed by atoms with Gasteiger partial charge < -0.3 is 15.0 Å². The van der Waals surface area contributed by atoms with Crippen LogP contribution in [0.1, 0.15) is 45.0 Å². The fraction of sp³-hybridized carbons (Fsp3) is 0.393. The highest BCUT2D eigenvalue weighted by molar-refractivity contribution is 5.78. The first-order valence-electron chi connectivity index (χ1n) is 12.8. The molecule has 1 fully saturated rings. The Morgan fingerprint density at radius 3 is 2.63 bits per heavy atom. The lowest BCUT2D eigenvalue weighted by Gasteiger charge is -2.34. The molecule has 5 rings (SSSR count). The van der Waals surface area contributed by atoms with Crippen LogP contribution >= 0.6 is 0 Å². The molecule has 1 aliphatic rings. The third-order valence-corrected chi connectivity index (χ3v) is 6.29. The molecule has 0 spiro atoms. The van der Waals surface area contributed by atoms with Crippen molar-refractivity contribution in [3.05, 3.63) is 59.9 Å². The molecule has 0 aliphatic carbocycles. The minimum atomic E-state index is -0.588. The van der Waals surface area contributed by atoms with Gasteiger partial charge >= 0.3 is 6.09 Å². The summed E-state index contributed by atoms with van der Waals surface area (Å²) in [5, 5.41) is 7.67. The predicted molar refractivity (Wildman–Crippen MR) is 143 cm³/mol. The number of anilines is 1. The summed E-state index contributed by atoms with van der Waals surface area (Å²) in [5.74, 6) is -0.106. The van der Waals surface area contributed by atoms with Crippen molar-refractivity contribution in [2.24, 2.45) is 0 Å². The summed E-state index contributed by atoms with van der Waals surface area (Å²) in [6.45, 7) is 10.2. The number of piperidine rings is 1. The van der Waals surface area contributed by atoms with Crippen molar-refractivity contribution in [3.8, 4) is 22.6 Å². The molecule has 0 unspecified atom stereocenters. The van der Waals surface area contributed by atoms with Gasteiger partial charge in [0.1, 0.15) is 11.3 Å². The number of nitrogens with one attached hydrogen (secondary N) is 1. The Morgan fingerprint density at radius 1 is 1.13 bits per heavy atom. The Bertz CT molecular complexity index is 1470. The lowest BCUT2D eigenvalue weighted by atomic mass is 10.1. The molecule has 1 amide bonds. The van der Waals surface area contributed by atoms with Crippen LogP contribution in [0.3, 0.4) is 0 Å². The summed E-state index contributed by atoms with van der Waals surface area (Å²) < 4.78 is 23.3. The average molecular weight is 518 g/mol. The standard InChI is InChI=1S/C28H32FN7O2/c1-17-13-19(14-18(2)31-17)24-23(29)26(32-20-9-8-11-35(16-20)27(37)38-28(3,4)5)34-25(33-24)21-15-30-36-12-7-6-10-22(21)36/h6-7,10,12-15,20H,8-9,11,16H2,1-5H3,(H,32,33,34)/t20-/m1/s1. The van der Waals surface area contributed by atoms with Crippen molar-refractivity contribution < 1.29 is 13.9 Å². The topological polar surface area (TPSA) is 97.5 Å². The Balaban J connectivity index is 1.54. The van der Waals surface area contributed by atoms with Crippen LogP contribution in [0.2, 0.25) is 0 Å². The molecule has 0 radical (unpaired) electrons. The van der Waals surface area contributed by atoms with Gasteiger partial charge in [-0.25, -0.2) is 23.7 Å². The largest absolute Gasteiger partial charge is 0.444 e. The molecule has 1 aliphatic heterocycles. The summed E-state index contributed by atoms with van der Waals surface area (Å²) in [7, 11) is 0. The maximum atomic E-state index is 16.1. The van der Waals surface area contributed by atoms with Crippen LogP contribution < -0.4 is 5.32 Å². The number of ether oxygens (including phenoxy) is 1. The smallest absolute Gasteiger partial charge is 0.410 e. The third kappa shape index (κ3) is 5.44. The van der Waals surface area contributed by atoms with Gasteiger partial charge in [0.05, 0.1) is 17.3 Å². The van der Waals surface area contributed by atoms with E-state index in [-0.39, 0.29) is 23.6 Å². The number of rotatable bonds is 4. The Kier molecular flexibility index (Phi) is 6.73. The van der Waals surface area contributed by atoms with Crippen molar-refractivity contribution in [2.75, 3.05) is 18.4 Å². The first-order chi connectivity index (χ1) is 18.1. The zero-order valence-corrected chi connectivity index (χ0v) is 22.3. The molecule has 10 heteroatoms. The molecule has 0 saturated carbocycles. The summed E-state index contributed by atoms with van der Waals surface area (Å²) >= 11 is 0. The quantitative estimate of drug-likeness (QED) is 0.386. The molecule has 5 heterocycles. The third-order valence-electron chi connectivity index (χ3n) is 6.29. The van der Waals surface area contributed by atoms with Crippen LogP contribution in [0, 0.1) is 19.7 Å². The molecule has 198 valence electrons.